The first-order valence-electron chi connectivity index (χ1n) is 5.05. The van der Waals surface area contributed by atoms with E-state index in [0.717, 1.165) is 6.07 Å². The summed E-state index contributed by atoms with van der Waals surface area (Å²) in [4.78, 5) is 14.3. The van der Waals surface area contributed by atoms with Gasteiger partial charge >= 0.3 is 12.1 Å². The van der Waals surface area contributed by atoms with E-state index in [4.69, 9.17) is 5.11 Å². The fourth-order valence-corrected chi connectivity index (χ4v) is 1.67. The van der Waals surface area contributed by atoms with Crippen LogP contribution in [0.25, 0.3) is 10.9 Å². The maximum atomic E-state index is 12.8. The van der Waals surface area contributed by atoms with Gasteiger partial charge in [0.1, 0.15) is 0 Å². The van der Waals surface area contributed by atoms with Crippen molar-refractivity contribution < 1.29 is 23.1 Å². The molecule has 94 valence electrons. The number of carbonyl (C=O) groups is 1. The minimum atomic E-state index is -4.51. The number of alkyl halides is 3. The Kier molecular flexibility index (Phi) is 2.94. The molecule has 2 rings (SSSR count). The third kappa shape index (κ3) is 2.42. The number of rotatable bonds is 2. The van der Waals surface area contributed by atoms with Crippen LogP contribution in [0.5, 0.6) is 0 Å². The summed E-state index contributed by atoms with van der Waals surface area (Å²) in [6, 6.07) is 6.58. The SMILES string of the molecule is O=C(O)Cc1ccc2cccc(C(F)(F)F)c2n1. The summed E-state index contributed by atoms with van der Waals surface area (Å²) >= 11 is 0. The van der Waals surface area contributed by atoms with Crippen molar-refractivity contribution >= 4 is 16.9 Å². The van der Waals surface area contributed by atoms with Gasteiger partial charge in [-0.1, -0.05) is 18.2 Å². The summed E-state index contributed by atoms with van der Waals surface area (Å²) in [7, 11) is 0. The monoisotopic (exact) mass is 255 g/mol. The van der Waals surface area contributed by atoms with Gasteiger partial charge in [0.15, 0.2) is 0 Å². The molecular formula is C12H8F3NO2. The number of para-hydroxylation sites is 1. The molecule has 0 unspecified atom stereocenters. The van der Waals surface area contributed by atoms with E-state index in [0.29, 0.717) is 5.39 Å². The van der Waals surface area contributed by atoms with E-state index in [1.54, 1.807) is 0 Å². The van der Waals surface area contributed by atoms with Gasteiger partial charge in [-0.15, -0.1) is 0 Å². The molecule has 0 fully saturated rings. The number of nitrogens with zero attached hydrogens (tertiary/aromatic N) is 1. The van der Waals surface area contributed by atoms with E-state index in [-0.39, 0.29) is 11.2 Å². The van der Waals surface area contributed by atoms with Gasteiger partial charge < -0.3 is 5.11 Å². The molecule has 0 aliphatic heterocycles. The van der Waals surface area contributed by atoms with Gasteiger partial charge in [-0.3, -0.25) is 9.78 Å². The van der Waals surface area contributed by atoms with E-state index in [1.165, 1.54) is 24.3 Å². The predicted octanol–water partition coefficient (Wildman–Crippen LogP) is 2.88. The summed E-state index contributed by atoms with van der Waals surface area (Å²) in [6.07, 6.45) is -4.91. The summed E-state index contributed by atoms with van der Waals surface area (Å²) in [6.45, 7) is 0. The zero-order chi connectivity index (χ0) is 13.3. The molecule has 0 spiro atoms. The first-order valence-corrected chi connectivity index (χ1v) is 5.05. The lowest BCUT2D eigenvalue weighted by Gasteiger charge is -2.10. The summed E-state index contributed by atoms with van der Waals surface area (Å²) in [5.41, 5.74) is -0.970. The van der Waals surface area contributed by atoms with Crippen LogP contribution in [0, 0.1) is 0 Å². The largest absolute Gasteiger partial charge is 0.481 e. The molecule has 1 aromatic heterocycles. The van der Waals surface area contributed by atoms with Crippen LogP contribution < -0.4 is 0 Å². The number of aliphatic carboxylic acids is 1. The molecule has 0 bridgehead atoms. The van der Waals surface area contributed by atoms with E-state index >= 15 is 0 Å². The molecule has 0 atom stereocenters. The number of benzene rings is 1. The van der Waals surface area contributed by atoms with Crippen LogP contribution in [0.15, 0.2) is 30.3 Å². The molecule has 0 saturated heterocycles. The average molecular weight is 255 g/mol. The Morgan fingerprint density at radius 2 is 1.94 bits per heavy atom. The standard InChI is InChI=1S/C12H8F3NO2/c13-12(14,15)9-3-1-2-7-4-5-8(6-10(17)18)16-11(7)9/h1-5H,6H2,(H,17,18). The van der Waals surface area contributed by atoms with Crippen molar-refractivity contribution in [3.63, 3.8) is 0 Å². The molecule has 0 radical (unpaired) electrons. The second kappa shape index (κ2) is 4.29. The predicted molar refractivity (Wildman–Crippen MR) is 58.1 cm³/mol. The third-order valence-corrected chi connectivity index (χ3v) is 2.42. The van der Waals surface area contributed by atoms with Gasteiger partial charge in [0, 0.05) is 5.39 Å². The smallest absolute Gasteiger partial charge is 0.418 e. The molecule has 6 heteroatoms. The van der Waals surface area contributed by atoms with Gasteiger partial charge in [0.05, 0.1) is 23.2 Å². The number of aromatic nitrogens is 1. The highest BCUT2D eigenvalue weighted by Crippen LogP contribution is 2.33. The van der Waals surface area contributed by atoms with Gasteiger partial charge in [-0.25, -0.2) is 0 Å². The number of fused-ring (bicyclic) bond motifs is 1. The number of hydrogen-bond donors (Lipinski definition) is 1. The van der Waals surface area contributed by atoms with Crippen molar-refractivity contribution in [3.05, 3.63) is 41.6 Å². The number of halogens is 3. The highest BCUT2D eigenvalue weighted by molar-refractivity contribution is 5.83. The quantitative estimate of drug-likeness (QED) is 0.897. The van der Waals surface area contributed by atoms with Crippen LogP contribution in [0.1, 0.15) is 11.3 Å². The van der Waals surface area contributed by atoms with Gasteiger partial charge in [-0.05, 0) is 12.1 Å². The van der Waals surface area contributed by atoms with Crippen molar-refractivity contribution in [3.8, 4) is 0 Å². The second-order valence-electron chi connectivity index (χ2n) is 3.75. The van der Waals surface area contributed by atoms with Gasteiger partial charge in [-0.2, -0.15) is 13.2 Å². The molecule has 2 aromatic rings. The molecule has 3 nitrogen and oxygen atoms in total. The van der Waals surface area contributed by atoms with E-state index < -0.39 is 24.1 Å². The minimum absolute atomic E-state index is 0.103. The molecular weight excluding hydrogens is 247 g/mol. The lowest BCUT2D eigenvalue weighted by Crippen LogP contribution is -2.08. The molecule has 1 aromatic carbocycles. The van der Waals surface area contributed by atoms with Crippen LogP contribution in [0.2, 0.25) is 0 Å². The first-order chi connectivity index (χ1) is 8.38. The van der Waals surface area contributed by atoms with Crippen molar-refractivity contribution in [2.75, 3.05) is 0 Å². The second-order valence-corrected chi connectivity index (χ2v) is 3.75. The molecule has 0 aliphatic carbocycles. The van der Waals surface area contributed by atoms with Crippen LogP contribution in [-0.2, 0) is 17.4 Å². The Hall–Kier alpha value is -2.11. The summed E-state index contributed by atoms with van der Waals surface area (Å²) < 4.78 is 38.3. The highest BCUT2D eigenvalue weighted by Gasteiger charge is 2.33. The highest BCUT2D eigenvalue weighted by atomic mass is 19.4. The molecule has 1 N–H and O–H groups in total. The Bertz CT molecular complexity index is 608. The van der Waals surface area contributed by atoms with E-state index in [9.17, 15) is 18.0 Å². The summed E-state index contributed by atoms with van der Waals surface area (Å²) in [5, 5.41) is 8.94. The Morgan fingerprint density at radius 1 is 1.22 bits per heavy atom. The molecule has 18 heavy (non-hydrogen) atoms. The van der Waals surface area contributed by atoms with Gasteiger partial charge in [0.2, 0.25) is 0 Å². The van der Waals surface area contributed by atoms with E-state index in [1.807, 2.05) is 0 Å². The zero-order valence-electron chi connectivity index (χ0n) is 9.03. The fourth-order valence-electron chi connectivity index (χ4n) is 1.67. The Balaban J connectivity index is 2.62. The number of carboxylic acids is 1. The number of hydrogen-bond acceptors (Lipinski definition) is 2. The van der Waals surface area contributed by atoms with Crippen LogP contribution in [-0.4, -0.2) is 16.1 Å². The van der Waals surface area contributed by atoms with Crippen LogP contribution >= 0.6 is 0 Å². The lowest BCUT2D eigenvalue weighted by atomic mass is 10.1. The fraction of sp³-hybridized carbons (Fsp3) is 0.167. The zero-order valence-corrected chi connectivity index (χ0v) is 9.03. The normalized spacial score (nSPS) is 11.7. The average Bonchev–Trinajstić information content (AvgIpc) is 2.26. The summed E-state index contributed by atoms with van der Waals surface area (Å²) in [5.74, 6) is -1.13. The lowest BCUT2D eigenvalue weighted by molar-refractivity contribution is -0.137. The number of carboxylic acid groups (broad SMARTS) is 1. The van der Waals surface area contributed by atoms with Crippen molar-refractivity contribution in [2.24, 2.45) is 0 Å². The molecule has 1 heterocycles. The maximum absolute atomic E-state index is 12.8. The van der Waals surface area contributed by atoms with Crippen molar-refractivity contribution in [1.29, 1.82) is 0 Å². The molecule has 0 saturated carbocycles. The maximum Gasteiger partial charge on any atom is 0.418 e. The Morgan fingerprint density at radius 3 is 2.56 bits per heavy atom. The number of pyridine rings is 1. The topological polar surface area (TPSA) is 50.2 Å². The van der Waals surface area contributed by atoms with Crippen molar-refractivity contribution in [1.82, 2.24) is 4.98 Å². The van der Waals surface area contributed by atoms with Gasteiger partial charge in [0.25, 0.3) is 0 Å². The van der Waals surface area contributed by atoms with E-state index in [2.05, 4.69) is 4.98 Å². The van der Waals surface area contributed by atoms with Crippen molar-refractivity contribution in [2.45, 2.75) is 12.6 Å². The molecule has 0 amide bonds. The third-order valence-electron chi connectivity index (χ3n) is 2.42. The van der Waals surface area contributed by atoms with Crippen LogP contribution in [0.3, 0.4) is 0 Å². The molecule has 0 aliphatic rings. The minimum Gasteiger partial charge on any atom is -0.481 e. The Labute approximate surface area is 99.9 Å². The first kappa shape index (κ1) is 12.3. The van der Waals surface area contributed by atoms with Crippen LogP contribution in [0.4, 0.5) is 13.2 Å².